The molecule has 2 aromatic rings. The third kappa shape index (κ3) is 5.57. The summed E-state index contributed by atoms with van der Waals surface area (Å²) in [5.74, 6) is 0.912. The molecule has 9 heteroatoms. The lowest BCUT2D eigenvalue weighted by atomic mass is 10.1. The Balaban J connectivity index is 1.41. The average Bonchev–Trinajstić information content (AvgIpc) is 3.34. The third-order valence-electron chi connectivity index (χ3n) is 4.64. The van der Waals surface area contributed by atoms with E-state index in [-0.39, 0.29) is 18.1 Å². The minimum absolute atomic E-state index is 0.0395. The molecule has 1 fully saturated rings. The summed E-state index contributed by atoms with van der Waals surface area (Å²) in [6.45, 7) is 3.05. The Bertz CT molecular complexity index is 811. The van der Waals surface area contributed by atoms with Gasteiger partial charge in [-0.05, 0) is 49.8 Å². The van der Waals surface area contributed by atoms with Crippen molar-refractivity contribution in [1.29, 1.82) is 0 Å². The van der Waals surface area contributed by atoms with Crippen LogP contribution in [-0.4, -0.2) is 44.5 Å². The molecule has 1 atom stereocenters. The molecule has 3 heterocycles. The number of urea groups is 1. The van der Waals surface area contributed by atoms with Gasteiger partial charge in [0.25, 0.3) is 0 Å². The monoisotopic (exact) mass is 411 g/mol. The molecular formula is C18H25N3O4S2. The van der Waals surface area contributed by atoms with E-state index in [1.165, 1.54) is 11.3 Å². The van der Waals surface area contributed by atoms with Gasteiger partial charge in [-0.2, -0.15) is 0 Å². The number of thiophene rings is 1. The van der Waals surface area contributed by atoms with E-state index in [4.69, 9.17) is 4.42 Å². The molecule has 0 aromatic carbocycles. The van der Waals surface area contributed by atoms with Crippen LogP contribution >= 0.6 is 11.3 Å². The summed E-state index contributed by atoms with van der Waals surface area (Å²) in [6.07, 6.45) is 4.45. The third-order valence-corrected chi connectivity index (χ3v) is 7.56. The number of hydrogen-bond acceptors (Lipinski definition) is 5. The first kappa shape index (κ1) is 19.9. The highest BCUT2D eigenvalue weighted by atomic mass is 32.2. The second-order valence-electron chi connectivity index (χ2n) is 6.78. The van der Waals surface area contributed by atoms with Gasteiger partial charge in [-0.3, -0.25) is 0 Å². The fourth-order valence-corrected chi connectivity index (χ4v) is 5.40. The molecular weight excluding hydrogens is 386 g/mol. The second-order valence-corrected chi connectivity index (χ2v) is 9.67. The molecule has 1 aliphatic heterocycles. The van der Waals surface area contributed by atoms with Crippen molar-refractivity contribution in [3.8, 4) is 0 Å². The van der Waals surface area contributed by atoms with Crippen LogP contribution in [0.2, 0.25) is 0 Å². The second kappa shape index (κ2) is 8.90. The topological polar surface area (TPSA) is 91.7 Å². The summed E-state index contributed by atoms with van der Waals surface area (Å²) in [5, 5.41) is 4.75. The molecule has 1 aliphatic rings. The zero-order chi connectivity index (χ0) is 19.3. The van der Waals surface area contributed by atoms with Crippen molar-refractivity contribution >= 4 is 27.4 Å². The number of aryl methyl sites for hydroxylation is 1. The summed E-state index contributed by atoms with van der Waals surface area (Å²) in [5.41, 5.74) is 0. The number of nitrogens with one attached hydrogen (secondary N) is 2. The van der Waals surface area contributed by atoms with Crippen molar-refractivity contribution in [3.05, 3.63) is 41.7 Å². The number of carbonyl (C=O) groups excluding carboxylic acids is 1. The van der Waals surface area contributed by atoms with E-state index in [1.54, 1.807) is 28.7 Å². The van der Waals surface area contributed by atoms with Crippen LogP contribution in [0.5, 0.6) is 0 Å². The van der Waals surface area contributed by atoms with Gasteiger partial charge in [-0.15, -0.1) is 11.3 Å². The van der Waals surface area contributed by atoms with Crippen LogP contribution in [0.25, 0.3) is 0 Å². The molecule has 0 aliphatic carbocycles. The summed E-state index contributed by atoms with van der Waals surface area (Å²) in [6, 6.07) is 6.90. The van der Waals surface area contributed by atoms with Crippen LogP contribution in [0.15, 0.2) is 44.5 Å². The zero-order valence-electron chi connectivity index (χ0n) is 15.3. The fourth-order valence-electron chi connectivity index (χ4n) is 3.08. The predicted octanol–water partition coefficient (Wildman–Crippen LogP) is 2.81. The van der Waals surface area contributed by atoms with Gasteiger partial charge < -0.3 is 14.6 Å². The first-order valence-electron chi connectivity index (χ1n) is 9.08. The van der Waals surface area contributed by atoms with Gasteiger partial charge in [0.2, 0.25) is 10.0 Å². The van der Waals surface area contributed by atoms with Crippen LogP contribution in [0, 0.1) is 0 Å². The highest BCUT2D eigenvalue weighted by Gasteiger charge is 2.27. The van der Waals surface area contributed by atoms with Crippen molar-refractivity contribution in [2.45, 2.75) is 48.9 Å². The van der Waals surface area contributed by atoms with Gasteiger partial charge in [0.15, 0.2) is 0 Å². The standard InChI is InChI=1S/C18H25N3O4S2/c1-14(6-7-16-4-2-12-25-16)19-18(22)21-10-8-15(9-11-21)20-27(23,24)17-5-3-13-26-17/h2-5,12-15,20H,6-11H2,1H3,(H,19,22). The first-order chi connectivity index (χ1) is 12.9. The van der Waals surface area contributed by atoms with Crippen molar-refractivity contribution in [2.75, 3.05) is 13.1 Å². The minimum atomic E-state index is -3.46. The van der Waals surface area contributed by atoms with Crippen molar-refractivity contribution in [2.24, 2.45) is 0 Å². The van der Waals surface area contributed by atoms with Crippen molar-refractivity contribution in [3.63, 3.8) is 0 Å². The Kier molecular flexibility index (Phi) is 6.56. The number of nitrogens with zero attached hydrogens (tertiary/aromatic N) is 1. The van der Waals surface area contributed by atoms with Crippen LogP contribution in [0.3, 0.4) is 0 Å². The summed E-state index contributed by atoms with van der Waals surface area (Å²) < 4.78 is 33.0. The van der Waals surface area contributed by atoms with Crippen LogP contribution < -0.4 is 10.0 Å². The Labute approximate surface area is 163 Å². The first-order valence-corrected chi connectivity index (χ1v) is 11.4. The summed E-state index contributed by atoms with van der Waals surface area (Å²) >= 11 is 1.20. The van der Waals surface area contributed by atoms with E-state index < -0.39 is 10.0 Å². The zero-order valence-corrected chi connectivity index (χ0v) is 16.9. The van der Waals surface area contributed by atoms with Crippen LogP contribution in [0.4, 0.5) is 4.79 Å². The predicted molar refractivity (Wildman–Crippen MR) is 104 cm³/mol. The molecule has 148 valence electrons. The number of amides is 2. The van der Waals surface area contributed by atoms with Crippen LogP contribution in [0.1, 0.15) is 31.9 Å². The Morgan fingerprint density at radius 3 is 2.74 bits per heavy atom. The molecule has 7 nitrogen and oxygen atoms in total. The lowest BCUT2D eigenvalue weighted by molar-refractivity contribution is 0.176. The Hall–Kier alpha value is -1.84. The Morgan fingerprint density at radius 1 is 1.33 bits per heavy atom. The molecule has 27 heavy (non-hydrogen) atoms. The maximum Gasteiger partial charge on any atom is 0.317 e. The molecule has 1 unspecified atom stereocenters. The normalized spacial score (nSPS) is 17.0. The molecule has 2 N–H and O–H groups in total. The molecule has 0 saturated carbocycles. The highest BCUT2D eigenvalue weighted by Crippen LogP contribution is 2.19. The maximum absolute atomic E-state index is 12.4. The average molecular weight is 412 g/mol. The number of carbonyl (C=O) groups is 1. The molecule has 0 radical (unpaired) electrons. The fraction of sp³-hybridized carbons (Fsp3) is 0.500. The number of rotatable bonds is 7. The molecule has 3 rings (SSSR count). The van der Waals surface area contributed by atoms with E-state index in [0.29, 0.717) is 30.1 Å². The maximum atomic E-state index is 12.4. The number of hydrogen-bond donors (Lipinski definition) is 2. The van der Waals surface area contributed by atoms with E-state index in [2.05, 4.69) is 10.0 Å². The van der Waals surface area contributed by atoms with E-state index in [0.717, 1.165) is 18.6 Å². The SMILES string of the molecule is CC(CCc1ccco1)NC(=O)N1CCC(NS(=O)(=O)c2cccs2)CC1. The lowest BCUT2D eigenvalue weighted by Crippen LogP contribution is -2.50. The molecule has 0 spiro atoms. The van der Waals surface area contributed by atoms with Gasteiger partial charge in [-0.1, -0.05) is 6.07 Å². The van der Waals surface area contributed by atoms with Crippen LogP contribution in [-0.2, 0) is 16.4 Å². The molecule has 0 bridgehead atoms. The van der Waals surface area contributed by atoms with Gasteiger partial charge in [0.05, 0.1) is 6.26 Å². The van der Waals surface area contributed by atoms with E-state index >= 15 is 0 Å². The van der Waals surface area contributed by atoms with E-state index in [1.807, 2.05) is 19.1 Å². The molecule has 2 aromatic heterocycles. The number of furan rings is 1. The van der Waals surface area contributed by atoms with E-state index in [9.17, 15) is 13.2 Å². The minimum Gasteiger partial charge on any atom is -0.469 e. The van der Waals surface area contributed by atoms with Gasteiger partial charge >= 0.3 is 6.03 Å². The lowest BCUT2D eigenvalue weighted by Gasteiger charge is -2.33. The smallest absolute Gasteiger partial charge is 0.317 e. The van der Waals surface area contributed by atoms with Gasteiger partial charge in [0, 0.05) is 31.6 Å². The quantitative estimate of drug-likeness (QED) is 0.733. The van der Waals surface area contributed by atoms with Crippen molar-refractivity contribution in [1.82, 2.24) is 14.9 Å². The molecule has 1 saturated heterocycles. The summed E-state index contributed by atoms with van der Waals surface area (Å²) in [7, 11) is -3.46. The largest absolute Gasteiger partial charge is 0.469 e. The van der Waals surface area contributed by atoms with Gasteiger partial charge in [-0.25, -0.2) is 17.9 Å². The number of piperidine rings is 1. The number of likely N-dealkylation sites (tertiary alicyclic amines) is 1. The summed E-state index contributed by atoms with van der Waals surface area (Å²) in [4.78, 5) is 14.2. The Morgan fingerprint density at radius 2 is 2.11 bits per heavy atom. The number of sulfonamides is 1. The van der Waals surface area contributed by atoms with Gasteiger partial charge in [0.1, 0.15) is 9.97 Å². The highest BCUT2D eigenvalue weighted by molar-refractivity contribution is 7.91. The van der Waals surface area contributed by atoms with Crippen molar-refractivity contribution < 1.29 is 17.6 Å². The molecule has 2 amide bonds.